The Balaban J connectivity index is 0. The summed E-state index contributed by atoms with van der Waals surface area (Å²) < 4.78 is 4.97. The Morgan fingerprint density at radius 1 is 1.45 bits per heavy atom. The second kappa shape index (κ2) is 13.6. The summed E-state index contributed by atoms with van der Waals surface area (Å²) in [5.41, 5.74) is 0. The molecule has 0 aromatic carbocycles. The third-order valence-electron chi connectivity index (χ3n) is 0.890. The van der Waals surface area contributed by atoms with Crippen LogP contribution in [0, 0.1) is 0 Å². The number of aliphatic hydroxyl groups is 1. The molecule has 5 heteroatoms. The molecule has 4 nitrogen and oxygen atoms in total. The largest absolute Gasteiger partial charge is 1.00 e. The number of nitrogens with one attached hydrogen (secondary N) is 1. The molecule has 0 radical (unpaired) electrons. The van der Waals surface area contributed by atoms with Crippen LogP contribution in [0.15, 0.2) is 0 Å². The van der Waals surface area contributed by atoms with Crippen molar-refractivity contribution >= 4 is 6.41 Å². The van der Waals surface area contributed by atoms with E-state index in [0.717, 1.165) is 0 Å². The van der Waals surface area contributed by atoms with E-state index in [2.05, 4.69) is 5.32 Å². The molecule has 0 saturated carbocycles. The molecule has 0 saturated heterocycles. The third-order valence-corrected chi connectivity index (χ3v) is 0.890. The fourth-order valence-electron chi connectivity index (χ4n) is 0.443. The Hall–Kier alpha value is 1.03. The van der Waals surface area contributed by atoms with Crippen molar-refractivity contribution < 1.29 is 66.0 Å². The van der Waals surface area contributed by atoms with Crippen LogP contribution >= 0.6 is 0 Å². The molecular weight excluding hydrogens is 173 g/mol. The Morgan fingerprint density at radius 2 is 2.18 bits per heavy atom. The molecule has 0 spiro atoms. The zero-order valence-corrected chi connectivity index (χ0v) is 9.92. The van der Waals surface area contributed by atoms with Crippen LogP contribution in [0.1, 0.15) is 6.42 Å². The van der Waals surface area contributed by atoms with Crippen molar-refractivity contribution in [2.75, 3.05) is 26.4 Å². The van der Waals surface area contributed by atoms with Crippen LogP contribution in [0.3, 0.4) is 0 Å². The van der Waals surface area contributed by atoms with Gasteiger partial charge in [-0.25, -0.2) is 0 Å². The standard InChI is InChI=1S/C6H12NO3.K/c8-3-1-4-10-5-2-7-6-9;/h8H,1-5H2,(H,7,9);/q-1;+1. The molecule has 0 heterocycles. The van der Waals surface area contributed by atoms with Crippen molar-refractivity contribution in [3.05, 3.63) is 0 Å². The fraction of sp³-hybridized carbons (Fsp3) is 0.833. The SMILES string of the molecule is O=[C-]NCCOCCCO.[K+]. The van der Waals surface area contributed by atoms with Crippen LogP contribution in [0.2, 0.25) is 0 Å². The van der Waals surface area contributed by atoms with E-state index in [1.54, 1.807) is 0 Å². The van der Waals surface area contributed by atoms with Gasteiger partial charge in [0.15, 0.2) is 0 Å². The maximum Gasteiger partial charge on any atom is 1.00 e. The minimum absolute atomic E-state index is 0. The van der Waals surface area contributed by atoms with Gasteiger partial charge in [0.05, 0.1) is 6.61 Å². The molecule has 0 atom stereocenters. The molecule has 2 N–H and O–H groups in total. The first-order chi connectivity index (χ1) is 4.91. The van der Waals surface area contributed by atoms with Gasteiger partial charge in [0.1, 0.15) is 0 Å². The zero-order valence-electron chi connectivity index (χ0n) is 6.80. The Bertz CT molecular complexity index is 82.2. The predicted octanol–water partition coefficient (Wildman–Crippen LogP) is -3.95. The molecule has 0 rings (SSSR count). The Labute approximate surface area is 109 Å². The van der Waals surface area contributed by atoms with Gasteiger partial charge in [-0.1, -0.05) is 0 Å². The molecule has 0 aliphatic heterocycles. The van der Waals surface area contributed by atoms with Gasteiger partial charge in [-0.15, -0.1) is 0 Å². The molecule has 1 amide bonds. The second-order valence-corrected chi connectivity index (χ2v) is 1.72. The van der Waals surface area contributed by atoms with E-state index < -0.39 is 0 Å². The normalized spacial score (nSPS) is 8.45. The van der Waals surface area contributed by atoms with Crippen molar-refractivity contribution in [2.45, 2.75) is 6.42 Å². The molecule has 0 unspecified atom stereocenters. The topological polar surface area (TPSA) is 58.6 Å². The molecule has 11 heavy (non-hydrogen) atoms. The van der Waals surface area contributed by atoms with E-state index in [1.807, 2.05) is 0 Å². The Kier molecular flexibility index (Phi) is 18.0. The number of ether oxygens (including phenoxy) is 1. The fourth-order valence-corrected chi connectivity index (χ4v) is 0.443. The number of hydrogen-bond acceptors (Lipinski definition) is 3. The van der Waals surface area contributed by atoms with Crippen LogP contribution in [0.4, 0.5) is 0 Å². The van der Waals surface area contributed by atoms with E-state index in [0.29, 0.717) is 26.2 Å². The molecule has 0 aromatic heterocycles. The van der Waals surface area contributed by atoms with Gasteiger partial charge in [0, 0.05) is 19.8 Å². The van der Waals surface area contributed by atoms with Crippen LogP contribution in [-0.2, 0) is 9.53 Å². The molecule has 0 aromatic rings. The molecule has 0 fully saturated rings. The average molecular weight is 185 g/mol. The van der Waals surface area contributed by atoms with Crippen LogP contribution < -0.4 is 56.7 Å². The van der Waals surface area contributed by atoms with Crippen LogP contribution in [-0.4, -0.2) is 37.9 Å². The third kappa shape index (κ3) is 13.9. The van der Waals surface area contributed by atoms with E-state index in [9.17, 15) is 4.79 Å². The minimum atomic E-state index is 0. The van der Waals surface area contributed by atoms with Gasteiger partial charge in [-0.05, 0) is 6.42 Å². The zero-order chi connectivity index (χ0) is 7.66. The first-order valence-electron chi connectivity index (χ1n) is 3.20. The monoisotopic (exact) mass is 185 g/mol. The summed E-state index contributed by atoms with van der Waals surface area (Å²) in [5, 5.41) is 10.6. The summed E-state index contributed by atoms with van der Waals surface area (Å²) in [6.07, 6.45) is 2.17. The maximum absolute atomic E-state index is 9.56. The first kappa shape index (κ1) is 14.5. The summed E-state index contributed by atoms with van der Waals surface area (Å²) in [6.45, 7) is 1.65. The summed E-state index contributed by atoms with van der Waals surface area (Å²) in [6, 6.07) is 0. The second-order valence-electron chi connectivity index (χ2n) is 1.72. The number of carbonyl (C=O) groups excluding carboxylic acids is 1. The molecule has 0 bridgehead atoms. The van der Waals surface area contributed by atoms with Gasteiger partial charge >= 0.3 is 51.4 Å². The van der Waals surface area contributed by atoms with E-state index in [4.69, 9.17) is 9.84 Å². The molecule has 0 aliphatic carbocycles. The van der Waals surface area contributed by atoms with Crippen molar-refractivity contribution in [2.24, 2.45) is 0 Å². The minimum Gasteiger partial charge on any atom is -0.528 e. The van der Waals surface area contributed by atoms with E-state index >= 15 is 0 Å². The van der Waals surface area contributed by atoms with Gasteiger partial charge in [0.25, 0.3) is 0 Å². The average Bonchev–Trinajstić information content (AvgIpc) is 1.97. The van der Waals surface area contributed by atoms with Crippen molar-refractivity contribution in [1.29, 1.82) is 0 Å². The number of rotatable bonds is 7. The summed E-state index contributed by atoms with van der Waals surface area (Å²) in [5.74, 6) is 0. The first-order valence-corrected chi connectivity index (χ1v) is 3.20. The van der Waals surface area contributed by atoms with E-state index in [1.165, 1.54) is 6.41 Å². The number of aliphatic hydroxyl groups excluding tert-OH is 1. The predicted molar refractivity (Wildman–Crippen MR) is 36.2 cm³/mol. The van der Waals surface area contributed by atoms with Crippen molar-refractivity contribution in [3.8, 4) is 0 Å². The maximum atomic E-state index is 9.56. The smallest absolute Gasteiger partial charge is 0.528 e. The van der Waals surface area contributed by atoms with Crippen molar-refractivity contribution in [3.63, 3.8) is 0 Å². The molecule has 0 aliphatic rings. The number of amides is 1. The number of hydrogen-bond donors (Lipinski definition) is 2. The quantitative estimate of drug-likeness (QED) is 0.184. The van der Waals surface area contributed by atoms with Crippen LogP contribution in [0.25, 0.3) is 0 Å². The van der Waals surface area contributed by atoms with Gasteiger partial charge < -0.3 is 20.0 Å². The molecule has 60 valence electrons. The van der Waals surface area contributed by atoms with Crippen LogP contribution in [0.5, 0.6) is 0 Å². The van der Waals surface area contributed by atoms with E-state index in [-0.39, 0.29) is 58.0 Å². The van der Waals surface area contributed by atoms with Crippen molar-refractivity contribution in [1.82, 2.24) is 5.32 Å². The van der Waals surface area contributed by atoms with Gasteiger partial charge in [-0.3, -0.25) is 0 Å². The van der Waals surface area contributed by atoms with Gasteiger partial charge in [-0.2, -0.15) is 6.41 Å². The van der Waals surface area contributed by atoms with Gasteiger partial charge in [0.2, 0.25) is 0 Å². The Morgan fingerprint density at radius 3 is 2.73 bits per heavy atom. The summed E-state index contributed by atoms with van der Waals surface area (Å²) in [7, 11) is 0. The summed E-state index contributed by atoms with van der Waals surface area (Å²) in [4.78, 5) is 9.56. The summed E-state index contributed by atoms with van der Waals surface area (Å²) >= 11 is 0. The molecular formula is C6H12KNO3.